The van der Waals surface area contributed by atoms with Crippen molar-refractivity contribution in [3.05, 3.63) is 62.6 Å². The SMILES string of the molecule is CCc1ccccc1-n1c(C)cn2c3c(=O)n(C(C(=O)OC)C(C)C)c(=O)n(C)c3nc12. The van der Waals surface area contributed by atoms with E-state index in [-0.39, 0.29) is 17.1 Å². The Labute approximate surface area is 184 Å². The van der Waals surface area contributed by atoms with Crippen molar-refractivity contribution < 1.29 is 9.53 Å². The summed E-state index contributed by atoms with van der Waals surface area (Å²) in [5.74, 6) is -0.427. The van der Waals surface area contributed by atoms with Gasteiger partial charge in [0.1, 0.15) is 6.04 Å². The van der Waals surface area contributed by atoms with E-state index in [4.69, 9.17) is 4.74 Å². The molecule has 1 unspecified atom stereocenters. The predicted molar refractivity (Wildman–Crippen MR) is 122 cm³/mol. The molecule has 0 fully saturated rings. The van der Waals surface area contributed by atoms with Crippen LogP contribution < -0.4 is 11.2 Å². The van der Waals surface area contributed by atoms with Gasteiger partial charge in [-0.25, -0.2) is 14.2 Å². The lowest BCUT2D eigenvalue weighted by Gasteiger charge is -2.20. The minimum Gasteiger partial charge on any atom is -0.467 e. The summed E-state index contributed by atoms with van der Waals surface area (Å²) >= 11 is 0. The zero-order chi connectivity index (χ0) is 23.3. The Morgan fingerprint density at radius 2 is 1.88 bits per heavy atom. The van der Waals surface area contributed by atoms with Crippen molar-refractivity contribution in [1.82, 2.24) is 23.1 Å². The highest BCUT2D eigenvalue weighted by Gasteiger charge is 2.31. The molecule has 9 nitrogen and oxygen atoms in total. The van der Waals surface area contributed by atoms with Gasteiger partial charge in [-0.1, -0.05) is 39.0 Å². The molecule has 1 atom stereocenters. The molecule has 0 aliphatic heterocycles. The van der Waals surface area contributed by atoms with Crippen LogP contribution >= 0.6 is 0 Å². The molecule has 0 radical (unpaired) electrons. The third kappa shape index (κ3) is 2.99. The number of esters is 1. The lowest BCUT2D eigenvalue weighted by Crippen LogP contribution is -2.46. The highest BCUT2D eigenvalue weighted by molar-refractivity contribution is 5.78. The van der Waals surface area contributed by atoms with Gasteiger partial charge in [-0.15, -0.1) is 0 Å². The molecule has 0 aliphatic rings. The first-order valence-electron chi connectivity index (χ1n) is 10.6. The van der Waals surface area contributed by atoms with Crippen LogP contribution in [0.25, 0.3) is 22.6 Å². The second-order valence-electron chi connectivity index (χ2n) is 8.27. The van der Waals surface area contributed by atoms with E-state index in [1.165, 1.54) is 11.7 Å². The first-order chi connectivity index (χ1) is 15.2. The van der Waals surface area contributed by atoms with Gasteiger partial charge in [-0.3, -0.25) is 18.3 Å². The molecule has 0 bridgehead atoms. The molecule has 3 heterocycles. The lowest BCUT2D eigenvalue weighted by molar-refractivity contribution is -0.146. The third-order valence-corrected chi connectivity index (χ3v) is 5.94. The van der Waals surface area contributed by atoms with E-state index in [2.05, 4.69) is 18.0 Å². The van der Waals surface area contributed by atoms with Crippen molar-refractivity contribution in [1.29, 1.82) is 0 Å². The van der Waals surface area contributed by atoms with Crippen LogP contribution in [0.5, 0.6) is 0 Å². The Morgan fingerprint density at radius 1 is 1.19 bits per heavy atom. The fourth-order valence-electron chi connectivity index (χ4n) is 4.34. The normalized spacial score (nSPS) is 12.7. The average Bonchev–Trinajstić information content (AvgIpc) is 3.28. The smallest absolute Gasteiger partial charge is 0.333 e. The number of methoxy groups -OCH3 is 1. The van der Waals surface area contributed by atoms with Crippen LogP contribution in [0, 0.1) is 12.8 Å². The number of nitrogens with zero attached hydrogens (tertiary/aromatic N) is 5. The van der Waals surface area contributed by atoms with Crippen molar-refractivity contribution in [2.24, 2.45) is 13.0 Å². The highest BCUT2D eigenvalue weighted by Crippen LogP contribution is 2.24. The van der Waals surface area contributed by atoms with Gasteiger partial charge in [0, 0.05) is 18.9 Å². The van der Waals surface area contributed by atoms with Crippen molar-refractivity contribution in [3.8, 4) is 5.69 Å². The van der Waals surface area contributed by atoms with Gasteiger partial charge in [-0.05, 0) is 30.9 Å². The monoisotopic (exact) mass is 437 g/mol. The van der Waals surface area contributed by atoms with E-state index < -0.39 is 23.3 Å². The highest BCUT2D eigenvalue weighted by atomic mass is 16.5. The summed E-state index contributed by atoms with van der Waals surface area (Å²) < 4.78 is 10.9. The average molecular weight is 438 g/mol. The molecule has 4 aromatic rings. The number of carbonyl (C=O) groups is 1. The minimum absolute atomic E-state index is 0.243. The van der Waals surface area contributed by atoms with E-state index in [9.17, 15) is 14.4 Å². The number of fused-ring (bicyclic) bond motifs is 3. The zero-order valence-electron chi connectivity index (χ0n) is 19.1. The van der Waals surface area contributed by atoms with Gasteiger partial charge >= 0.3 is 11.7 Å². The Hall–Kier alpha value is -3.62. The van der Waals surface area contributed by atoms with Gasteiger partial charge < -0.3 is 4.74 Å². The standard InChI is InChI=1S/C23H27N5O4/c1-7-15-10-8-9-11-16(15)27-14(4)12-26-18-19(24-22(26)27)25(5)23(31)28(20(18)29)17(13(2)3)21(30)32-6/h8-13,17H,7H2,1-6H3. The van der Waals surface area contributed by atoms with E-state index in [0.29, 0.717) is 5.78 Å². The van der Waals surface area contributed by atoms with E-state index in [1.54, 1.807) is 25.3 Å². The predicted octanol–water partition coefficient (Wildman–Crippen LogP) is 2.38. The van der Waals surface area contributed by atoms with Crippen molar-refractivity contribution in [3.63, 3.8) is 0 Å². The maximum absolute atomic E-state index is 13.6. The molecule has 3 aromatic heterocycles. The van der Waals surface area contributed by atoms with Crippen molar-refractivity contribution in [2.75, 3.05) is 7.11 Å². The molecule has 0 saturated heterocycles. The molecule has 1 aromatic carbocycles. The van der Waals surface area contributed by atoms with Crippen LogP contribution in [0.3, 0.4) is 0 Å². The van der Waals surface area contributed by atoms with Crippen LogP contribution in [0.1, 0.15) is 38.1 Å². The van der Waals surface area contributed by atoms with Gasteiger partial charge in [-0.2, -0.15) is 4.98 Å². The lowest BCUT2D eigenvalue weighted by atomic mass is 10.0. The molecule has 0 aliphatic carbocycles. The Bertz CT molecular complexity index is 1470. The molecule has 9 heteroatoms. The summed E-state index contributed by atoms with van der Waals surface area (Å²) in [6.45, 7) is 7.56. The molecule has 168 valence electrons. The van der Waals surface area contributed by atoms with E-state index >= 15 is 0 Å². The summed E-state index contributed by atoms with van der Waals surface area (Å²) in [4.78, 5) is 43.9. The second kappa shape index (κ2) is 7.81. The summed E-state index contributed by atoms with van der Waals surface area (Å²) in [5.41, 5.74) is 2.33. The first kappa shape index (κ1) is 21.6. The number of imidazole rings is 2. The maximum atomic E-state index is 13.6. The summed E-state index contributed by atoms with van der Waals surface area (Å²) in [6.07, 6.45) is 2.66. The van der Waals surface area contributed by atoms with Crippen LogP contribution in [-0.4, -0.2) is 36.2 Å². The Balaban J connectivity index is 2.13. The van der Waals surface area contributed by atoms with Crippen molar-refractivity contribution >= 4 is 22.9 Å². The molecule has 32 heavy (non-hydrogen) atoms. The first-order valence-corrected chi connectivity index (χ1v) is 10.6. The fraction of sp³-hybridized carbons (Fsp3) is 0.391. The summed E-state index contributed by atoms with van der Waals surface area (Å²) in [7, 11) is 2.80. The van der Waals surface area contributed by atoms with Crippen molar-refractivity contribution in [2.45, 2.75) is 40.2 Å². The second-order valence-corrected chi connectivity index (χ2v) is 8.27. The molecule has 0 spiro atoms. The topological polar surface area (TPSA) is 92.5 Å². The van der Waals surface area contributed by atoms with Crippen LogP contribution in [0.4, 0.5) is 0 Å². The van der Waals surface area contributed by atoms with Crippen LogP contribution in [-0.2, 0) is 23.0 Å². The van der Waals surface area contributed by atoms with Gasteiger partial charge in [0.2, 0.25) is 5.78 Å². The number of aromatic nitrogens is 5. The minimum atomic E-state index is -1.04. The number of para-hydroxylation sites is 1. The maximum Gasteiger partial charge on any atom is 0.333 e. The number of aryl methyl sites for hydroxylation is 3. The zero-order valence-corrected chi connectivity index (χ0v) is 19.1. The van der Waals surface area contributed by atoms with Crippen LogP contribution in [0.15, 0.2) is 40.1 Å². The van der Waals surface area contributed by atoms with Gasteiger partial charge in [0.15, 0.2) is 11.2 Å². The number of benzene rings is 1. The molecule has 0 saturated carbocycles. The Morgan fingerprint density at radius 3 is 2.50 bits per heavy atom. The van der Waals surface area contributed by atoms with Crippen LogP contribution in [0.2, 0.25) is 0 Å². The number of ether oxygens (including phenoxy) is 1. The van der Waals surface area contributed by atoms with Gasteiger partial charge in [0.05, 0.1) is 12.8 Å². The molecule has 0 amide bonds. The molecule has 4 rings (SSSR count). The number of rotatable bonds is 5. The molecular formula is C23H27N5O4. The fourth-order valence-corrected chi connectivity index (χ4v) is 4.34. The number of hydrogen-bond acceptors (Lipinski definition) is 5. The van der Waals surface area contributed by atoms with E-state index in [0.717, 1.165) is 27.9 Å². The number of carbonyl (C=O) groups excluding carboxylic acids is 1. The third-order valence-electron chi connectivity index (χ3n) is 5.94. The summed E-state index contributed by atoms with van der Waals surface area (Å²) in [6, 6.07) is 6.97. The largest absolute Gasteiger partial charge is 0.467 e. The Kier molecular flexibility index (Phi) is 5.28. The molecular weight excluding hydrogens is 410 g/mol. The quantitative estimate of drug-likeness (QED) is 0.447. The molecule has 0 N–H and O–H groups in total. The van der Waals surface area contributed by atoms with E-state index in [1.807, 2.05) is 35.9 Å². The van der Waals surface area contributed by atoms with Gasteiger partial charge in [0.25, 0.3) is 5.56 Å². The number of hydrogen-bond donors (Lipinski definition) is 0. The summed E-state index contributed by atoms with van der Waals surface area (Å²) in [5, 5.41) is 0.